The Morgan fingerprint density at radius 2 is 1.74 bits per heavy atom. The molecule has 0 bridgehead atoms. The third-order valence-electron chi connectivity index (χ3n) is 3.05. The van der Waals surface area contributed by atoms with E-state index >= 15 is 0 Å². The number of benzene rings is 2. The Hall–Kier alpha value is -1.77. The number of primary sulfonamides is 1. The van der Waals surface area contributed by atoms with E-state index in [1.807, 2.05) is 0 Å². The van der Waals surface area contributed by atoms with Crippen LogP contribution in [0.1, 0.15) is 5.56 Å². The second kappa shape index (κ2) is 6.03. The van der Waals surface area contributed by atoms with Crippen molar-refractivity contribution in [1.29, 1.82) is 0 Å². The van der Waals surface area contributed by atoms with Gasteiger partial charge < -0.3 is 4.74 Å². The quantitative estimate of drug-likeness (QED) is 0.902. The molecule has 23 heavy (non-hydrogen) atoms. The van der Waals surface area contributed by atoms with Crippen molar-refractivity contribution < 1.29 is 26.3 Å². The molecule has 0 aliphatic heterocycles. The molecule has 0 aromatic heterocycles. The number of nitrogens with two attached hydrogens (primary N) is 1. The second-order valence-corrected chi connectivity index (χ2v) is 6.46. The number of alkyl halides is 3. The highest BCUT2D eigenvalue weighted by atomic mass is 35.5. The predicted molar refractivity (Wildman–Crippen MR) is 79.8 cm³/mol. The van der Waals surface area contributed by atoms with Crippen LogP contribution in [0.25, 0.3) is 11.1 Å². The Morgan fingerprint density at radius 1 is 1.17 bits per heavy atom. The fraction of sp³-hybridized carbons (Fsp3) is 0.143. The van der Waals surface area contributed by atoms with Crippen molar-refractivity contribution in [2.75, 3.05) is 7.11 Å². The topological polar surface area (TPSA) is 69.4 Å². The van der Waals surface area contributed by atoms with Crippen LogP contribution in [-0.2, 0) is 16.2 Å². The van der Waals surface area contributed by atoms with Crippen LogP contribution in [0.2, 0.25) is 5.02 Å². The smallest absolute Gasteiger partial charge is 0.418 e. The highest BCUT2D eigenvalue weighted by molar-refractivity contribution is 7.89. The van der Waals surface area contributed by atoms with E-state index in [4.69, 9.17) is 21.5 Å². The molecule has 0 amide bonds. The van der Waals surface area contributed by atoms with Crippen LogP contribution in [0.3, 0.4) is 0 Å². The number of halogens is 4. The fourth-order valence-electron chi connectivity index (χ4n) is 2.20. The molecule has 0 saturated heterocycles. The lowest BCUT2D eigenvalue weighted by molar-refractivity contribution is -0.139. The SMILES string of the molecule is COc1c(Cl)cc(-c2ccccc2)c(C(F)(F)F)c1S(N)(=O)=O. The molecule has 4 nitrogen and oxygen atoms in total. The van der Waals surface area contributed by atoms with Gasteiger partial charge in [-0.15, -0.1) is 0 Å². The summed E-state index contributed by atoms with van der Waals surface area (Å²) >= 11 is 5.90. The summed E-state index contributed by atoms with van der Waals surface area (Å²) in [5.74, 6) is -0.638. The van der Waals surface area contributed by atoms with Crippen molar-refractivity contribution in [3.05, 3.63) is 47.0 Å². The van der Waals surface area contributed by atoms with Crippen molar-refractivity contribution in [3.8, 4) is 16.9 Å². The number of methoxy groups -OCH3 is 1. The summed E-state index contributed by atoms with van der Waals surface area (Å²) in [5, 5.41) is 4.69. The number of hydrogen-bond donors (Lipinski definition) is 1. The zero-order valence-corrected chi connectivity index (χ0v) is 13.3. The van der Waals surface area contributed by atoms with Crippen LogP contribution < -0.4 is 9.88 Å². The van der Waals surface area contributed by atoms with Gasteiger partial charge in [0.2, 0.25) is 10.0 Å². The minimum absolute atomic E-state index is 0.147. The minimum Gasteiger partial charge on any atom is -0.494 e. The largest absolute Gasteiger partial charge is 0.494 e. The second-order valence-electron chi connectivity index (χ2n) is 4.55. The summed E-state index contributed by atoms with van der Waals surface area (Å²) in [4.78, 5) is -1.18. The lowest BCUT2D eigenvalue weighted by atomic mass is 9.98. The van der Waals surface area contributed by atoms with Crippen LogP contribution in [0, 0.1) is 0 Å². The molecular weight excluding hydrogens is 355 g/mol. The molecule has 124 valence electrons. The monoisotopic (exact) mass is 365 g/mol. The first kappa shape index (κ1) is 17.6. The van der Waals surface area contributed by atoms with Crippen molar-refractivity contribution in [2.45, 2.75) is 11.1 Å². The molecule has 0 unspecified atom stereocenters. The van der Waals surface area contributed by atoms with Gasteiger partial charge in [-0.2, -0.15) is 13.2 Å². The number of ether oxygens (including phenoxy) is 1. The van der Waals surface area contributed by atoms with Gasteiger partial charge in [0, 0.05) is 0 Å². The molecule has 0 atom stereocenters. The van der Waals surface area contributed by atoms with Gasteiger partial charge in [0.25, 0.3) is 0 Å². The average molecular weight is 366 g/mol. The van der Waals surface area contributed by atoms with Gasteiger partial charge in [0.1, 0.15) is 4.90 Å². The van der Waals surface area contributed by atoms with Crippen LogP contribution in [0.15, 0.2) is 41.3 Å². The summed E-state index contributed by atoms with van der Waals surface area (Å²) in [7, 11) is -3.73. The molecule has 0 radical (unpaired) electrons. The third-order valence-corrected chi connectivity index (χ3v) is 4.29. The first-order valence-corrected chi connectivity index (χ1v) is 8.05. The van der Waals surface area contributed by atoms with E-state index in [1.165, 1.54) is 24.3 Å². The molecule has 2 aromatic rings. The maximum absolute atomic E-state index is 13.6. The summed E-state index contributed by atoms with van der Waals surface area (Å²) in [5.41, 5.74) is -1.66. The van der Waals surface area contributed by atoms with E-state index in [2.05, 4.69) is 0 Å². The predicted octanol–water partition coefficient (Wildman–Crippen LogP) is 3.68. The summed E-state index contributed by atoms with van der Waals surface area (Å²) in [6.07, 6.45) is -4.98. The van der Waals surface area contributed by atoms with Gasteiger partial charge in [-0.3, -0.25) is 0 Å². The zero-order valence-electron chi connectivity index (χ0n) is 11.7. The molecule has 0 saturated carbocycles. The van der Waals surface area contributed by atoms with Crippen molar-refractivity contribution in [1.82, 2.24) is 0 Å². The number of rotatable bonds is 3. The van der Waals surface area contributed by atoms with E-state index in [1.54, 1.807) is 6.07 Å². The molecule has 0 heterocycles. The highest BCUT2D eigenvalue weighted by Gasteiger charge is 2.42. The maximum Gasteiger partial charge on any atom is 0.418 e. The van der Waals surface area contributed by atoms with Gasteiger partial charge in [-0.05, 0) is 17.2 Å². The minimum atomic E-state index is -4.98. The van der Waals surface area contributed by atoms with E-state index in [0.29, 0.717) is 0 Å². The molecule has 2 rings (SSSR count). The molecule has 9 heteroatoms. The lowest BCUT2D eigenvalue weighted by Gasteiger charge is -2.20. The normalized spacial score (nSPS) is 12.3. The number of hydrogen-bond acceptors (Lipinski definition) is 3. The van der Waals surface area contributed by atoms with Crippen LogP contribution in [0.4, 0.5) is 13.2 Å². The molecule has 2 aromatic carbocycles. The van der Waals surface area contributed by atoms with E-state index < -0.39 is 38.0 Å². The van der Waals surface area contributed by atoms with Gasteiger partial charge in [0.15, 0.2) is 5.75 Å². The molecule has 0 aliphatic rings. The first-order valence-electron chi connectivity index (χ1n) is 6.13. The third kappa shape index (κ3) is 3.44. The van der Waals surface area contributed by atoms with Gasteiger partial charge in [0.05, 0.1) is 17.7 Å². The van der Waals surface area contributed by atoms with Crippen molar-refractivity contribution in [2.24, 2.45) is 5.14 Å². The van der Waals surface area contributed by atoms with Crippen LogP contribution in [-0.4, -0.2) is 15.5 Å². The van der Waals surface area contributed by atoms with Crippen molar-refractivity contribution in [3.63, 3.8) is 0 Å². The summed E-state index contributed by atoms with van der Waals surface area (Å²) in [6, 6.07) is 8.46. The molecule has 0 spiro atoms. The Labute approximate surface area is 135 Å². The zero-order chi connectivity index (χ0) is 17.4. The Morgan fingerprint density at radius 3 is 2.17 bits per heavy atom. The van der Waals surface area contributed by atoms with Gasteiger partial charge >= 0.3 is 6.18 Å². The maximum atomic E-state index is 13.6. The lowest BCUT2D eigenvalue weighted by Crippen LogP contribution is -2.21. The average Bonchev–Trinajstić information content (AvgIpc) is 2.44. The Bertz CT molecular complexity index is 837. The first-order chi connectivity index (χ1) is 10.6. The van der Waals surface area contributed by atoms with Gasteiger partial charge in [-0.25, -0.2) is 13.6 Å². The van der Waals surface area contributed by atoms with Crippen LogP contribution in [0.5, 0.6) is 5.75 Å². The number of sulfonamides is 1. The highest BCUT2D eigenvalue weighted by Crippen LogP contribution is 2.47. The fourth-order valence-corrected chi connectivity index (χ4v) is 3.50. The van der Waals surface area contributed by atoms with Gasteiger partial charge in [-0.1, -0.05) is 41.9 Å². The molecule has 0 aliphatic carbocycles. The van der Waals surface area contributed by atoms with E-state index in [9.17, 15) is 21.6 Å². The van der Waals surface area contributed by atoms with Crippen molar-refractivity contribution >= 4 is 21.6 Å². The van der Waals surface area contributed by atoms with E-state index in [0.717, 1.165) is 13.2 Å². The van der Waals surface area contributed by atoms with E-state index in [-0.39, 0.29) is 10.6 Å². The molecule has 2 N–H and O–H groups in total. The summed E-state index contributed by atoms with van der Waals surface area (Å²) in [6.45, 7) is 0. The Kier molecular flexibility index (Phi) is 4.61. The van der Waals surface area contributed by atoms with Crippen LogP contribution >= 0.6 is 11.6 Å². The standard InChI is InChI=1S/C14H11ClF3NO3S/c1-22-12-10(15)7-9(8-5-3-2-4-6-8)11(14(16,17)18)13(12)23(19,20)21/h2-7H,1H3,(H2,19,20,21). The molecule has 0 fully saturated rings. The summed E-state index contributed by atoms with van der Waals surface area (Å²) < 4.78 is 68.9. The Balaban J connectivity index is 3.03. The molecular formula is C14H11ClF3NO3S.